The van der Waals surface area contributed by atoms with Crippen molar-refractivity contribution >= 4 is 5.91 Å². The molecule has 0 bridgehead atoms. The van der Waals surface area contributed by atoms with Gasteiger partial charge >= 0.3 is 0 Å². The number of hydrogen-bond donors (Lipinski definition) is 2. The number of nitrogens with one attached hydrogen (secondary N) is 1. The maximum Gasteiger partial charge on any atom is 0.224 e. The first kappa shape index (κ1) is 12.4. The van der Waals surface area contributed by atoms with Crippen molar-refractivity contribution in [3.63, 3.8) is 0 Å². The summed E-state index contributed by atoms with van der Waals surface area (Å²) >= 11 is 0. The molecule has 2 fully saturated rings. The first-order chi connectivity index (χ1) is 9.75. The lowest BCUT2D eigenvalue weighted by Gasteiger charge is -2.19. The van der Waals surface area contributed by atoms with Crippen LogP contribution in [-0.2, 0) is 11.2 Å². The van der Waals surface area contributed by atoms with E-state index in [1.165, 1.54) is 36.8 Å². The lowest BCUT2D eigenvalue weighted by Crippen LogP contribution is -2.39. The van der Waals surface area contributed by atoms with Crippen LogP contribution in [-0.4, -0.2) is 11.9 Å². The fourth-order valence-electron chi connectivity index (χ4n) is 4.44. The summed E-state index contributed by atoms with van der Waals surface area (Å²) in [5, 5.41) is 3.24. The molecule has 3 heteroatoms. The van der Waals surface area contributed by atoms with E-state index < -0.39 is 0 Å². The third-order valence-corrected chi connectivity index (χ3v) is 5.53. The van der Waals surface area contributed by atoms with Gasteiger partial charge in [0.25, 0.3) is 0 Å². The molecule has 3 aliphatic carbocycles. The molecule has 20 heavy (non-hydrogen) atoms. The minimum absolute atomic E-state index is 0.0151. The van der Waals surface area contributed by atoms with E-state index in [9.17, 15) is 4.79 Å². The van der Waals surface area contributed by atoms with E-state index in [0.717, 1.165) is 6.42 Å². The van der Waals surface area contributed by atoms with E-state index >= 15 is 0 Å². The van der Waals surface area contributed by atoms with Crippen LogP contribution in [0.3, 0.4) is 0 Å². The van der Waals surface area contributed by atoms with E-state index in [4.69, 9.17) is 5.73 Å². The minimum Gasteiger partial charge on any atom is -0.347 e. The zero-order chi connectivity index (χ0) is 13.7. The van der Waals surface area contributed by atoms with Crippen molar-refractivity contribution in [2.24, 2.45) is 23.5 Å². The highest BCUT2D eigenvalue weighted by atomic mass is 16.2. The molecular weight excluding hydrogens is 248 g/mol. The molecule has 0 spiro atoms. The number of rotatable bonds is 2. The third kappa shape index (κ3) is 1.87. The summed E-state index contributed by atoms with van der Waals surface area (Å²) in [4.78, 5) is 12.5. The van der Waals surface area contributed by atoms with Gasteiger partial charge in [0.2, 0.25) is 5.91 Å². The topological polar surface area (TPSA) is 55.1 Å². The monoisotopic (exact) mass is 270 g/mol. The highest BCUT2D eigenvalue weighted by molar-refractivity contribution is 5.83. The Bertz CT molecular complexity index is 530. The van der Waals surface area contributed by atoms with E-state index in [2.05, 4.69) is 17.4 Å². The summed E-state index contributed by atoms with van der Waals surface area (Å²) in [6, 6.07) is 8.35. The standard InChI is InChI=1S/C17H22N2O/c18-14-9-10-5-1-2-6-11(10)16(14)19-17(20)15-12-7-3-4-8-13(12)15/h1-2,5-6,12-16H,3-4,7-9,18H2,(H,19,20). The Morgan fingerprint density at radius 2 is 1.85 bits per heavy atom. The number of carbonyl (C=O) groups excluding carboxylic acids is 1. The van der Waals surface area contributed by atoms with E-state index in [-0.39, 0.29) is 23.9 Å². The minimum atomic E-state index is 0.0151. The van der Waals surface area contributed by atoms with Crippen molar-refractivity contribution in [1.82, 2.24) is 5.32 Å². The summed E-state index contributed by atoms with van der Waals surface area (Å²) in [5.41, 5.74) is 8.74. The predicted molar refractivity (Wildman–Crippen MR) is 77.9 cm³/mol. The molecule has 1 amide bonds. The van der Waals surface area contributed by atoms with Gasteiger partial charge in [-0.1, -0.05) is 37.1 Å². The number of benzene rings is 1. The van der Waals surface area contributed by atoms with Crippen molar-refractivity contribution in [3.05, 3.63) is 35.4 Å². The van der Waals surface area contributed by atoms with Crippen molar-refractivity contribution in [3.8, 4) is 0 Å². The Kier molecular flexibility index (Phi) is 2.84. The smallest absolute Gasteiger partial charge is 0.224 e. The molecule has 106 valence electrons. The Morgan fingerprint density at radius 1 is 1.15 bits per heavy atom. The molecule has 3 N–H and O–H groups in total. The zero-order valence-corrected chi connectivity index (χ0v) is 11.7. The van der Waals surface area contributed by atoms with Gasteiger partial charge in [-0.05, 0) is 42.2 Å². The SMILES string of the molecule is NC1Cc2ccccc2C1NC(=O)C1C2CCCCC21. The average Bonchev–Trinajstić information content (AvgIpc) is 3.12. The van der Waals surface area contributed by atoms with E-state index in [0.29, 0.717) is 11.8 Å². The molecule has 3 nitrogen and oxygen atoms in total. The average molecular weight is 270 g/mol. The normalized spacial score (nSPS) is 38.0. The van der Waals surface area contributed by atoms with Crippen molar-refractivity contribution in [2.75, 3.05) is 0 Å². The van der Waals surface area contributed by atoms with Crippen LogP contribution in [0.1, 0.15) is 42.9 Å². The van der Waals surface area contributed by atoms with Gasteiger partial charge in [0, 0.05) is 12.0 Å². The number of amides is 1. The summed E-state index contributed by atoms with van der Waals surface area (Å²) in [6.45, 7) is 0. The van der Waals surface area contributed by atoms with Crippen LogP contribution in [0.25, 0.3) is 0 Å². The predicted octanol–water partition coefficient (Wildman–Crippen LogP) is 2.16. The van der Waals surface area contributed by atoms with E-state index in [1.54, 1.807) is 0 Å². The highest BCUT2D eigenvalue weighted by Gasteiger charge is 2.55. The van der Waals surface area contributed by atoms with Gasteiger partial charge in [0.05, 0.1) is 6.04 Å². The van der Waals surface area contributed by atoms with Gasteiger partial charge in [-0.3, -0.25) is 4.79 Å². The number of fused-ring (bicyclic) bond motifs is 2. The van der Waals surface area contributed by atoms with Crippen LogP contribution in [0, 0.1) is 17.8 Å². The Morgan fingerprint density at radius 3 is 2.60 bits per heavy atom. The summed E-state index contributed by atoms with van der Waals surface area (Å²) < 4.78 is 0. The van der Waals surface area contributed by atoms with Crippen molar-refractivity contribution in [1.29, 1.82) is 0 Å². The molecule has 0 aromatic heterocycles. The fraction of sp³-hybridized carbons (Fsp3) is 0.588. The Hall–Kier alpha value is -1.35. The molecule has 4 atom stereocenters. The molecule has 4 unspecified atom stereocenters. The first-order valence-corrected chi connectivity index (χ1v) is 7.89. The molecule has 1 aromatic rings. The van der Waals surface area contributed by atoms with Gasteiger partial charge in [0.15, 0.2) is 0 Å². The van der Waals surface area contributed by atoms with Crippen LogP contribution in [0.15, 0.2) is 24.3 Å². The van der Waals surface area contributed by atoms with Crippen molar-refractivity contribution < 1.29 is 4.79 Å². The van der Waals surface area contributed by atoms with Crippen LogP contribution in [0.2, 0.25) is 0 Å². The molecule has 1 aromatic carbocycles. The summed E-state index contributed by atoms with van der Waals surface area (Å²) in [5.74, 6) is 1.85. The van der Waals surface area contributed by atoms with Crippen LogP contribution in [0.5, 0.6) is 0 Å². The van der Waals surface area contributed by atoms with Crippen molar-refractivity contribution in [2.45, 2.75) is 44.2 Å². The molecule has 2 saturated carbocycles. The van der Waals surface area contributed by atoms with Gasteiger partial charge in [-0.2, -0.15) is 0 Å². The van der Waals surface area contributed by atoms with Crippen LogP contribution >= 0.6 is 0 Å². The molecule has 3 aliphatic rings. The van der Waals surface area contributed by atoms with Crippen LogP contribution < -0.4 is 11.1 Å². The Balaban J connectivity index is 1.48. The lowest BCUT2D eigenvalue weighted by molar-refractivity contribution is -0.123. The fourth-order valence-corrected chi connectivity index (χ4v) is 4.44. The second-order valence-corrected chi connectivity index (χ2v) is 6.69. The lowest BCUT2D eigenvalue weighted by atomic mass is 10.0. The van der Waals surface area contributed by atoms with Gasteiger partial charge < -0.3 is 11.1 Å². The molecule has 0 radical (unpaired) electrons. The largest absolute Gasteiger partial charge is 0.347 e. The maximum absolute atomic E-state index is 12.5. The third-order valence-electron chi connectivity index (χ3n) is 5.53. The van der Waals surface area contributed by atoms with Gasteiger partial charge in [-0.25, -0.2) is 0 Å². The zero-order valence-electron chi connectivity index (χ0n) is 11.7. The first-order valence-electron chi connectivity index (χ1n) is 7.89. The molecule has 0 saturated heterocycles. The van der Waals surface area contributed by atoms with Gasteiger partial charge in [0.1, 0.15) is 0 Å². The second-order valence-electron chi connectivity index (χ2n) is 6.69. The molecule has 0 heterocycles. The molecule has 4 rings (SSSR count). The molecular formula is C17H22N2O. The maximum atomic E-state index is 12.5. The quantitative estimate of drug-likeness (QED) is 0.865. The summed E-state index contributed by atoms with van der Waals surface area (Å²) in [7, 11) is 0. The number of nitrogens with two attached hydrogens (primary N) is 1. The van der Waals surface area contributed by atoms with E-state index in [1.807, 2.05) is 12.1 Å². The Labute approximate surface area is 119 Å². The molecule has 0 aliphatic heterocycles. The summed E-state index contributed by atoms with van der Waals surface area (Å²) in [6.07, 6.45) is 5.97. The van der Waals surface area contributed by atoms with Crippen LogP contribution in [0.4, 0.5) is 0 Å². The number of carbonyl (C=O) groups is 1. The number of hydrogen-bond acceptors (Lipinski definition) is 2. The second kappa shape index (κ2) is 4.59. The van der Waals surface area contributed by atoms with Gasteiger partial charge in [-0.15, -0.1) is 0 Å². The highest BCUT2D eigenvalue weighted by Crippen LogP contribution is 2.55.